The van der Waals surface area contributed by atoms with E-state index in [9.17, 15) is 10.1 Å². The zero-order valence-electron chi connectivity index (χ0n) is 14.9. The van der Waals surface area contributed by atoms with Gasteiger partial charge in [-0.05, 0) is 11.5 Å². The molecule has 2 rings (SSSR count). The molecule has 0 unspecified atom stereocenters. The zero-order chi connectivity index (χ0) is 17.6. The van der Waals surface area contributed by atoms with Gasteiger partial charge in [0.25, 0.3) is 5.69 Å². The monoisotopic (exact) mass is 316 g/mol. The van der Waals surface area contributed by atoms with E-state index in [0.29, 0.717) is 11.3 Å². The quantitative estimate of drug-likeness (QED) is 0.592. The number of non-ortho nitro benzene ring substituents is 1. The standard InChI is InChI=1S/C18H24N2O3/c1-17(2,3)14-9-8-11-15(18(4,5)6)13(23-7)10-12(20(21)22)16(11)19-14/h8-10H,1-7H3. The van der Waals surface area contributed by atoms with E-state index in [4.69, 9.17) is 4.74 Å². The Balaban J connectivity index is 2.98. The predicted octanol–water partition coefficient (Wildman–Crippen LogP) is 4.75. The molecule has 5 nitrogen and oxygen atoms in total. The van der Waals surface area contributed by atoms with Crippen LogP contribution in [0.3, 0.4) is 0 Å². The molecular formula is C18H24N2O3. The Labute approximate surface area is 136 Å². The Bertz CT molecular complexity index is 768. The van der Waals surface area contributed by atoms with Crippen LogP contribution in [0, 0.1) is 10.1 Å². The second kappa shape index (κ2) is 5.48. The summed E-state index contributed by atoms with van der Waals surface area (Å²) in [5.41, 5.74) is 1.78. The molecular weight excluding hydrogens is 292 g/mol. The summed E-state index contributed by atoms with van der Waals surface area (Å²) in [7, 11) is 1.54. The van der Waals surface area contributed by atoms with E-state index in [-0.39, 0.29) is 16.5 Å². The molecule has 0 saturated heterocycles. The predicted molar refractivity (Wildman–Crippen MR) is 92.3 cm³/mol. The van der Waals surface area contributed by atoms with Crippen LogP contribution in [0.15, 0.2) is 18.2 Å². The molecule has 23 heavy (non-hydrogen) atoms. The molecule has 1 heterocycles. The summed E-state index contributed by atoms with van der Waals surface area (Å²) < 4.78 is 5.44. The second-order valence-electron chi connectivity index (χ2n) is 7.82. The molecule has 1 aromatic heterocycles. The molecule has 0 aliphatic heterocycles. The molecule has 0 atom stereocenters. The first-order valence-electron chi connectivity index (χ1n) is 7.64. The molecule has 1 aromatic carbocycles. The molecule has 0 saturated carbocycles. The van der Waals surface area contributed by atoms with Gasteiger partial charge in [-0.25, -0.2) is 4.98 Å². The number of nitro benzene ring substituents is 1. The minimum Gasteiger partial charge on any atom is -0.496 e. The first-order chi connectivity index (χ1) is 10.5. The van der Waals surface area contributed by atoms with Crippen molar-refractivity contribution in [2.75, 3.05) is 7.11 Å². The van der Waals surface area contributed by atoms with E-state index >= 15 is 0 Å². The Hall–Kier alpha value is -2.17. The Morgan fingerprint density at radius 2 is 1.70 bits per heavy atom. The zero-order valence-corrected chi connectivity index (χ0v) is 14.9. The lowest BCUT2D eigenvalue weighted by molar-refractivity contribution is -0.383. The van der Waals surface area contributed by atoms with Gasteiger partial charge in [-0.15, -0.1) is 0 Å². The number of hydrogen-bond acceptors (Lipinski definition) is 4. The van der Waals surface area contributed by atoms with Crippen molar-refractivity contribution < 1.29 is 9.66 Å². The van der Waals surface area contributed by atoms with Crippen LogP contribution in [0.2, 0.25) is 0 Å². The second-order valence-corrected chi connectivity index (χ2v) is 7.82. The van der Waals surface area contributed by atoms with Crippen molar-refractivity contribution in [1.29, 1.82) is 0 Å². The van der Waals surface area contributed by atoms with Crippen molar-refractivity contribution in [2.45, 2.75) is 52.4 Å². The largest absolute Gasteiger partial charge is 0.496 e. The average molecular weight is 316 g/mol. The third-order valence-electron chi connectivity index (χ3n) is 3.86. The number of rotatable bonds is 2. The topological polar surface area (TPSA) is 65.3 Å². The lowest BCUT2D eigenvalue weighted by Gasteiger charge is -2.25. The number of methoxy groups -OCH3 is 1. The van der Waals surface area contributed by atoms with E-state index in [1.165, 1.54) is 13.2 Å². The van der Waals surface area contributed by atoms with Crippen molar-refractivity contribution in [1.82, 2.24) is 4.98 Å². The number of nitro groups is 1. The summed E-state index contributed by atoms with van der Waals surface area (Å²) in [5.74, 6) is 0.530. The molecule has 0 N–H and O–H groups in total. The minimum absolute atomic E-state index is 0.0176. The first-order valence-corrected chi connectivity index (χ1v) is 7.64. The summed E-state index contributed by atoms with van der Waals surface area (Å²) in [6, 6.07) is 5.36. The van der Waals surface area contributed by atoms with E-state index in [1.807, 2.05) is 32.9 Å². The lowest BCUT2D eigenvalue weighted by atomic mass is 9.82. The van der Waals surface area contributed by atoms with Crippen molar-refractivity contribution >= 4 is 16.6 Å². The van der Waals surface area contributed by atoms with Gasteiger partial charge in [0.15, 0.2) is 0 Å². The third-order valence-corrected chi connectivity index (χ3v) is 3.86. The van der Waals surface area contributed by atoms with Gasteiger partial charge in [0.2, 0.25) is 0 Å². The molecule has 0 radical (unpaired) electrons. The van der Waals surface area contributed by atoms with Crippen LogP contribution < -0.4 is 4.74 Å². The fourth-order valence-electron chi connectivity index (χ4n) is 2.75. The Morgan fingerprint density at radius 1 is 1.09 bits per heavy atom. The molecule has 0 bridgehead atoms. The summed E-state index contributed by atoms with van der Waals surface area (Å²) in [4.78, 5) is 15.7. The van der Waals surface area contributed by atoms with E-state index in [1.54, 1.807) is 0 Å². The average Bonchev–Trinajstić information content (AvgIpc) is 2.42. The Kier molecular flexibility index (Phi) is 4.09. The highest BCUT2D eigenvalue weighted by Gasteiger charge is 2.29. The fourth-order valence-corrected chi connectivity index (χ4v) is 2.75. The third kappa shape index (κ3) is 3.14. The molecule has 5 heteroatoms. The number of ether oxygens (including phenoxy) is 1. The van der Waals surface area contributed by atoms with Gasteiger partial charge in [0, 0.05) is 22.1 Å². The highest BCUT2D eigenvalue weighted by molar-refractivity contribution is 5.93. The van der Waals surface area contributed by atoms with Gasteiger partial charge in [0.1, 0.15) is 11.3 Å². The van der Waals surface area contributed by atoms with Gasteiger partial charge < -0.3 is 4.74 Å². The highest BCUT2D eigenvalue weighted by Crippen LogP contribution is 2.41. The molecule has 0 aliphatic carbocycles. The molecule has 0 amide bonds. The van der Waals surface area contributed by atoms with Crippen LogP contribution in [-0.2, 0) is 10.8 Å². The normalized spacial score (nSPS) is 12.5. The van der Waals surface area contributed by atoms with E-state index < -0.39 is 4.92 Å². The summed E-state index contributed by atoms with van der Waals surface area (Å²) in [6.07, 6.45) is 0. The number of nitrogens with zero attached hydrogens (tertiary/aromatic N) is 2. The van der Waals surface area contributed by atoms with Crippen LogP contribution in [0.1, 0.15) is 52.8 Å². The smallest absolute Gasteiger partial charge is 0.299 e. The van der Waals surface area contributed by atoms with Gasteiger partial charge in [-0.3, -0.25) is 10.1 Å². The summed E-state index contributed by atoms with van der Waals surface area (Å²) >= 11 is 0. The lowest BCUT2D eigenvalue weighted by Crippen LogP contribution is -2.16. The number of fused-ring (bicyclic) bond motifs is 1. The maximum atomic E-state index is 11.5. The van der Waals surface area contributed by atoms with Crippen molar-refractivity contribution in [3.05, 3.63) is 39.6 Å². The van der Waals surface area contributed by atoms with Gasteiger partial charge >= 0.3 is 0 Å². The minimum atomic E-state index is -0.392. The van der Waals surface area contributed by atoms with Crippen LogP contribution in [-0.4, -0.2) is 17.0 Å². The van der Waals surface area contributed by atoms with E-state index in [0.717, 1.165) is 16.6 Å². The van der Waals surface area contributed by atoms with Crippen LogP contribution in [0.5, 0.6) is 5.75 Å². The molecule has 2 aromatic rings. The molecule has 0 spiro atoms. The van der Waals surface area contributed by atoms with Gasteiger partial charge in [-0.2, -0.15) is 0 Å². The number of aromatic nitrogens is 1. The SMILES string of the molecule is COc1cc([N+](=O)[O-])c2nc(C(C)(C)C)ccc2c1C(C)(C)C. The van der Waals surface area contributed by atoms with Gasteiger partial charge in [0.05, 0.1) is 18.1 Å². The number of hydrogen-bond donors (Lipinski definition) is 0. The van der Waals surface area contributed by atoms with Crippen LogP contribution in [0.25, 0.3) is 10.9 Å². The highest BCUT2D eigenvalue weighted by atomic mass is 16.6. The first kappa shape index (κ1) is 17.2. The van der Waals surface area contributed by atoms with Crippen molar-refractivity contribution in [2.24, 2.45) is 0 Å². The van der Waals surface area contributed by atoms with Crippen LogP contribution >= 0.6 is 0 Å². The maximum absolute atomic E-state index is 11.5. The summed E-state index contributed by atoms with van der Waals surface area (Å²) in [6.45, 7) is 12.3. The van der Waals surface area contributed by atoms with Gasteiger partial charge in [-0.1, -0.05) is 47.6 Å². The number of benzene rings is 1. The van der Waals surface area contributed by atoms with Crippen molar-refractivity contribution in [3.63, 3.8) is 0 Å². The fraction of sp³-hybridized carbons (Fsp3) is 0.500. The van der Waals surface area contributed by atoms with Crippen LogP contribution in [0.4, 0.5) is 5.69 Å². The molecule has 124 valence electrons. The molecule has 0 aliphatic rings. The number of pyridine rings is 1. The maximum Gasteiger partial charge on any atom is 0.299 e. The van der Waals surface area contributed by atoms with E-state index in [2.05, 4.69) is 25.8 Å². The molecule has 0 fully saturated rings. The van der Waals surface area contributed by atoms with Crippen molar-refractivity contribution in [3.8, 4) is 5.75 Å². The summed E-state index contributed by atoms with van der Waals surface area (Å²) in [5, 5.41) is 12.3. The Morgan fingerprint density at radius 3 is 2.13 bits per heavy atom.